The van der Waals surface area contributed by atoms with Gasteiger partial charge in [0.2, 0.25) is 0 Å². The molecule has 0 aromatic heterocycles. The SMILES string of the molecule is COc1cc2c(cc1OC)C(=CNc1ccccc1)C(=O)N(C)C2=O. The van der Waals surface area contributed by atoms with Crippen molar-refractivity contribution in [2.24, 2.45) is 0 Å². The van der Waals surface area contributed by atoms with Gasteiger partial charge in [-0.05, 0) is 24.3 Å². The van der Waals surface area contributed by atoms with E-state index in [0.29, 0.717) is 28.2 Å². The second kappa shape index (κ2) is 6.68. The van der Waals surface area contributed by atoms with E-state index in [-0.39, 0.29) is 11.8 Å². The maximum atomic E-state index is 12.6. The number of ether oxygens (including phenoxy) is 2. The first-order chi connectivity index (χ1) is 12.1. The van der Waals surface area contributed by atoms with Gasteiger partial charge in [0.15, 0.2) is 11.5 Å². The molecule has 1 N–H and O–H groups in total. The van der Waals surface area contributed by atoms with Gasteiger partial charge in [0.25, 0.3) is 11.8 Å². The highest BCUT2D eigenvalue weighted by Gasteiger charge is 2.33. The number of carbonyl (C=O) groups excluding carboxylic acids is 2. The van der Waals surface area contributed by atoms with E-state index < -0.39 is 0 Å². The van der Waals surface area contributed by atoms with Crippen LogP contribution in [0.2, 0.25) is 0 Å². The molecular weight excluding hydrogens is 320 g/mol. The standard InChI is InChI=1S/C19H18N2O4/c1-21-18(22)14-10-17(25-3)16(24-2)9-13(14)15(19(21)23)11-20-12-7-5-4-6-8-12/h4-11,20H,1-3H3. The number of likely N-dealkylation sites (N-methyl/N-ethyl adjacent to an activating group) is 1. The molecule has 6 heteroatoms. The third-order valence-electron chi connectivity index (χ3n) is 4.04. The van der Waals surface area contributed by atoms with Crippen molar-refractivity contribution in [3.63, 3.8) is 0 Å². The van der Waals surface area contributed by atoms with Crippen LogP contribution in [0.1, 0.15) is 15.9 Å². The van der Waals surface area contributed by atoms with Crippen molar-refractivity contribution in [2.45, 2.75) is 0 Å². The molecule has 0 aliphatic carbocycles. The van der Waals surface area contributed by atoms with E-state index in [4.69, 9.17) is 9.47 Å². The van der Waals surface area contributed by atoms with Gasteiger partial charge in [0.1, 0.15) is 0 Å². The highest BCUT2D eigenvalue weighted by Crippen LogP contribution is 2.37. The van der Waals surface area contributed by atoms with Gasteiger partial charge in [-0.25, -0.2) is 0 Å². The summed E-state index contributed by atoms with van der Waals surface area (Å²) in [6.07, 6.45) is 1.60. The summed E-state index contributed by atoms with van der Waals surface area (Å²) in [5.41, 5.74) is 2.11. The summed E-state index contributed by atoms with van der Waals surface area (Å²) in [6, 6.07) is 12.7. The maximum absolute atomic E-state index is 12.6. The molecular formula is C19H18N2O4. The second-order valence-corrected chi connectivity index (χ2v) is 5.49. The molecule has 128 valence electrons. The van der Waals surface area contributed by atoms with Gasteiger partial charge in [-0.1, -0.05) is 18.2 Å². The van der Waals surface area contributed by atoms with Gasteiger partial charge in [-0.15, -0.1) is 0 Å². The Kier molecular flexibility index (Phi) is 4.43. The van der Waals surface area contributed by atoms with Gasteiger partial charge in [0, 0.05) is 24.5 Å². The monoisotopic (exact) mass is 338 g/mol. The van der Waals surface area contributed by atoms with Crippen LogP contribution in [0.3, 0.4) is 0 Å². The van der Waals surface area contributed by atoms with Gasteiger partial charge < -0.3 is 14.8 Å². The summed E-state index contributed by atoms with van der Waals surface area (Å²) in [5.74, 6) is 0.135. The molecule has 0 saturated carbocycles. The number of methoxy groups -OCH3 is 2. The lowest BCUT2D eigenvalue weighted by Gasteiger charge is -2.26. The van der Waals surface area contributed by atoms with Gasteiger partial charge in [0.05, 0.1) is 25.4 Å². The van der Waals surface area contributed by atoms with E-state index in [9.17, 15) is 9.59 Å². The summed E-state index contributed by atoms with van der Waals surface area (Å²) < 4.78 is 10.6. The van der Waals surface area contributed by atoms with Crippen molar-refractivity contribution >= 4 is 23.1 Å². The molecule has 0 radical (unpaired) electrons. The van der Waals surface area contributed by atoms with Crippen molar-refractivity contribution in [2.75, 3.05) is 26.6 Å². The fraction of sp³-hybridized carbons (Fsp3) is 0.158. The third kappa shape index (κ3) is 2.94. The summed E-state index contributed by atoms with van der Waals surface area (Å²) in [7, 11) is 4.47. The molecule has 0 atom stereocenters. The maximum Gasteiger partial charge on any atom is 0.262 e. The number of benzene rings is 2. The predicted molar refractivity (Wildman–Crippen MR) is 94.7 cm³/mol. The van der Waals surface area contributed by atoms with Crippen LogP contribution in [-0.4, -0.2) is 38.0 Å². The van der Waals surface area contributed by atoms with E-state index in [1.165, 1.54) is 21.3 Å². The van der Waals surface area contributed by atoms with Crippen LogP contribution in [0.25, 0.3) is 5.57 Å². The fourth-order valence-electron chi connectivity index (χ4n) is 2.68. The number of anilines is 1. The number of amides is 2. The first kappa shape index (κ1) is 16.6. The smallest absolute Gasteiger partial charge is 0.262 e. The van der Waals surface area contributed by atoms with E-state index in [0.717, 1.165) is 10.6 Å². The molecule has 3 rings (SSSR count). The molecule has 6 nitrogen and oxygen atoms in total. The highest BCUT2D eigenvalue weighted by molar-refractivity contribution is 6.31. The number of rotatable bonds is 4. The molecule has 1 aliphatic rings. The van der Waals surface area contributed by atoms with E-state index in [1.54, 1.807) is 18.3 Å². The van der Waals surface area contributed by atoms with Crippen LogP contribution in [0.5, 0.6) is 11.5 Å². The van der Waals surface area contributed by atoms with Crippen molar-refractivity contribution in [1.82, 2.24) is 4.90 Å². The molecule has 0 spiro atoms. The first-order valence-corrected chi connectivity index (χ1v) is 7.67. The zero-order valence-corrected chi connectivity index (χ0v) is 14.2. The Morgan fingerprint density at radius 1 is 0.920 bits per heavy atom. The molecule has 25 heavy (non-hydrogen) atoms. The van der Waals surface area contributed by atoms with E-state index >= 15 is 0 Å². The lowest BCUT2D eigenvalue weighted by Crippen LogP contribution is -2.38. The number of carbonyl (C=O) groups is 2. The third-order valence-corrected chi connectivity index (χ3v) is 4.04. The first-order valence-electron chi connectivity index (χ1n) is 7.67. The van der Waals surface area contributed by atoms with Gasteiger partial charge in [-0.2, -0.15) is 0 Å². The number of hydrogen-bond donors (Lipinski definition) is 1. The fourth-order valence-corrected chi connectivity index (χ4v) is 2.68. The largest absolute Gasteiger partial charge is 0.493 e. The Balaban J connectivity index is 2.11. The van der Waals surface area contributed by atoms with Crippen LogP contribution >= 0.6 is 0 Å². The van der Waals surface area contributed by atoms with Gasteiger partial charge >= 0.3 is 0 Å². The van der Waals surface area contributed by atoms with Crippen molar-refractivity contribution in [3.05, 3.63) is 59.8 Å². The molecule has 0 bridgehead atoms. The number of nitrogens with zero attached hydrogens (tertiary/aromatic N) is 1. The number of imide groups is 1. The lowest BCUT2D eigenvalue weighted by molar-refractivity contribution is -0.121. The van der Waals surface area contributed by atoms with Crippen LogP contribution in [0.4, 0.5) is 5.69 Å². The number of fused-ring (bicyclic) bond motifs is 1. The second-order valence-electron chi connectivity index (χ2n) is 5.49. The zero-order chi connectivity index (χ0) is 18.0. The van der Waals surface area contributed by atoms with Crippen LogP contribution in [0.15, 0.2) is 48.7 Å². The summed E-state index contributed by atoms with van der Waals surface area (Å²) in [6.45, 7) is 0. The highest BCUT2D eigenvalue weighted by atomic mass is 16.5. The average Bonchev–Trinajstić information content (AvgIpc) is 2.66. The molecule has 0 unspecified atom stereocenters. The van der Waals surface area contributed by atoms with Gasteiger partial charge in [-0.3, -0.25) is 14.5 Å². The Morgan fingerprint density at radius 2 is 1.52 bits per heavy atom. The van der Waals surface area contributed by atoms with Crippen LogP contribution in [-0.2, 0) is 4.79 Å². The van der Waals surface area contributed by atoms with E-state index in [1.807, 2.05) is 30.3 Å². The minimum atomic E-state index is -0.381. The van der Waals surface area contributed by atoms with E-state index in [2.05, 4.69) is 5.32 Å². The Morgan fingerprint density at radius 3 is 2.12 bits per heavy atom. The predicted octanol–water partition coefficient (Wildman–Crippen LogP) is 2.77. The molecule has 2 aromatic rings. The Bertz CT molecular complexity index is 859. The Hall–Kier alpha value is -3.28. The molecule has 2 aromatic carbocycles. The lowest BCUT2D eigenvalue weighted by atomic mass is 9.93. The minimum Gasteiger partial charge on any atom is -0.493 e. The molecule has 1 aliphatic heterocycles. The molecule has 0 fully saturated rings. The Labute approximate surface area is 145 Å². The summed E-state index contributed by atoms with van der Waals surface area (Å²) in [5, 5.41) is 3.09. The number of nitrogens with one attached hydrogen (secondary N) is 1. The zero-order valence-electron chi connectivity index (χ0n) is 14.2. The van der Waals surface area contributed by atoms with Crippen molar-refractivity contribution in [1.29, 1.82) is 0 Å². The minimum absolute atomic E-state index is 0.377. The van der Waals surface area contributed by atoms with Crippen LogP contribution < -0.4 is 14.8 Å². The number of para-hydroxylation sites is 1. The number of hydrogen-bond acceptors (Lipinski definition) is 5. The molecule has 0 saturated heterocycles. The summed E-state index contributed by atoms with van der Waals surface area (Å²) >= 11 is 0. The van der Waals surface area contributed by atoms with Crippen molar-refractivity contribution in [3.8, 4) is 11.5 Å². The van der Waals surface area contributed by atoms with Crippen LogP contribution in [0, 0.1) is 0 Å². The average molecular weight is 338 g/mol. The topological polar surface area (TPSA) is 67.9 Å². The molecule has 2 amide bonds. The summed E-state index contributed by atoms with van der Waals surface area (Å²) in [4.78, 5) is 26.2. The van der Waals surface area contributed by atoms with Crippen molar-refractivity contribution < 1.29 is 19.1 Å². The quantitative estimate of drug-likeness (QED) is 0.686. The molecule has 1 heterocycles. The normalized spacial score (nSPS) is 15.2.